The van der Waals surface area contributed by atoms with Crippen molar-refractivity contribution in [1.82, 2.24) is 0 Å². The highest BCUT2D eigenvalue weighted by Gasteiger charge is 2.08. The van der Waals surface area contributed by atoms with Gasteiger partial charge in [-0.05, 0) is 36.4 Å². The molecule has 2 aromatic carbocycles. The molecule has 7 heteroatoms. The monoisotopic (exact) mass is 406 g/mol. The predicted octanol–water partition coefficient (Wildman–Crippen LogP) is 5.46. The average molecular weight is 409 g/mol. The van der Waals surface area contributed by atoms with Crippen LogP contribution in [0.5, 0.6) is 0 Å². The quantitative estimate of drug-likeness (QED) is 0.660. The molecule has 0 aromatic heterocycles. The van der Waals surface area contributed by atoms with Gasteiger partial charge in [0.1, 0.15) is 0 Å². The van der Waals surface area contributed by atoms with Gasteiger partial charge >= 0.3 is 0 Å². The van der Waals surface area contributed by atoms with Crippen LogP contribution in [0.15, 0.2) is 40.9 Å². The minimum absolute atomic E-state index is 0.0632. The van der Waals surface area contributed by atoms with Crippen molar-refractivity contribution in [2.75, 3.05) is 17.2 Å². The first-order valence-corrected chi connectivity index (χ1v) is 7.82. The third-order valence-electron chi connectivity index (χ3n) is 2.58. The van der Waals surface area contributed by atoms with Crippen molar-refractivity contribution in [2.24, 2.45) is 0 Å². The summed E-state index contributed by atoms with van der Waals surface area (Å²) in [6, 6.07) is 10.4. The number of hydrogen-bond acceptors (Lipinski definition) is 2. The standard InChI is InChI=1S/C14H10BrCl3N2O/c15-8-1-3-9(4-2-8)20-14(21)7-19-13-6-11(17)10(16)5-12(13)18/h1-6,19H,7H2,(H,20,21). The summed E-state index contributed by atoms with van der Waals surface area (Å²) in [7, 11) is 0. The van der Waals surface area contributed by atoms with E-state index in [1.165, 1.54) is 6.07 Å². The largest absolute Gasteiger partial charge is 0.375 e. The minimum atomic E-state index is -0.195. The fraction of sp³-hybridized carbons (Fsp3) is 0.0714. The molecule has 0 aliphatic heterocycles. The molecule has 21 heavy (non-hydrogen) atoms. The van der Waals surface area contributed by atoms with Crippen LogP contribution in [-0.2, 0) is 4.79 Å². The molecule has 2 aromatic rings. The highest BCUT2D eigenvalue weighted by Crippen LogP contribution is 2.32. The number of nitrogens with one attached hydrogen (secondary N) is 2. The van der Waals surface area contributed by atoms with Gasteiger partial charge < -0.3 is 10.6 Å². The summed E-state index contributed by atoms with van der Waals surface area (Å²) < 4.78 is 0.946. The summed E-state index contributed by atoms with van der Waals surface area (Å²) in [5.41, 5.74) is 1.27. The molecule has 0 spiro atoms. The highest BCUT2D eigenvalue weighted by molar-refractivity contribution is 9.10. The van der Waals surface area contributed by atoms with E-state index in [-0.39, 0.29) is 12.5 Å². The summed E-state index contributed by atoms with van der Waals surface area (Å²) >= 11 is 21.1. The molecule has 1 amide bonds. The summed E-state index contributed by atoms with van der Waals surface area (Å²) in [5, 5.41) is 6.82. The smallest absolute Gasteiger partial charge is 0.243 e. The van der Waals surface area contributed by atoms with Crippen LogP contribution in [0, 0.1) is 0 Å². The highest BCUT2D eigenvalue weighted by atomic mass is 79.9. The maximum absolute atomic E-state index is 11.8. The van der Waals surface area contributed by atoms with E-state index in [0.717, 1.165) is 4.47 Å². The van der Waals surface area contributed by atoms with Crippen LogP contribution < -0.4 is 10.6 Å². The zero-order valence-electron chi connectivity index (χ0n) is 10.6. The van der Waals surface area contributed by atoms with Crippen molar-refractivity contribution < 1.29 is 4.79 Å². The van der Waals surface area contributed by atoms with Gasteiger partial charge in [0, 0.05) is 10.2 Å². The molecule has 0 heterocycles. The molecule has 110 valence electrons. The SMILES string of the molecule is O=C(CNc1cc(Cl)c(Cl)cc1Cl)Nc1ccc(Br)cc1. The number of benzene rings is 2. The van der Waals surface area contributed by atoms with E-state index in [1.807, 2.05) is 12.1 Å². The van der Waals surface area contributed by atoms with E-state index in [0.29, 0.717) is 26.4 Å². The van der Waals surface area contributed by atoms with E-state index >= 15 is 0 Å². The first-order valence-electron chi connectivity index (χ1n) is 5.89. The third kappa shape index (κ3) is 4.78. The molecule has 0 saturated heterocycles. The molecule has 2 N–H and O–H groups in total. The van der Waals surface area contributed by atoms with Gasteiger partial charge in [0.2, 0.25) is 5.91 Å². The lowest BCUT2D eigenvalue weighted by Gasteiger charge is -2.10. The van der Waals surface area contributed by atoms with Crippen LogP contribution in [0.25, 0.3) is 0 Å². The fourth-order valence-electron chi connectivity index (χ4n) is 1.57. The third-order valence-corrected chi connectivity index (χ3v) is 4.14. The Morgan fingerprint density at radius 1 is 1.00 bits per heavy atom. The first kappa shape index (κ1) is 16.4. The Kier molecular flexibility index (Phi) is 5.76. The van der Waals surface area contributed by atoms with Crippen LogP contribution in [0.1, 0.15) is 0 Å². The lowest BCUT2D eigenvalue weighted by Crippen LogP contribution is -2.21. The summed E-state index contributed by atoms with van der Waals surface area (Å²) in [4.78, 5) is 11.8. The molecule has 0 bridgehead atoms. The number of carbonyl (C=O) groups is 1. The van der Waals surface area contributed by atoms with Crippen LogP contribution >= 0.6 is 50.7 Å². The van der Waals surface area contributed by atoms with Crippen molar-refractivity contribution in [1.29, 1.82) is 0 Å². The topological polar surface area (TPSA) is 41.1 Å². The van der Waals surface area contributed by atoms with Crippen LogP contribution in [0.2, 0.25) is 15.1 Å². The maximum atomic E-state index is 11.8. The molecule has 0 aliphatic carbocycles. The normalized spacial score (nSPS) is 10.3. The number of rotatable bonds is 4. The van der Waals surface area contributed by atoms with Gasteiger partial charge in [0.15, 0.2) is 0 Å². The number of carbonyl (C=O) groups excluding carboxylic acids is 1. The Bertz CT molecular complexity index is 662. The fourth-order valence-corrected chi connectivity index (χ4v) is 2.45. The second-order valence-corrected chi connectivity index (χ2v) is 6.29. The Morgan fingerprint density at radius 3 is 2.29 bits per heavy atom. The summed E-state index contributed by atoms with van der Waals surface area (Å²) in [6.07, 6.45) is 0. The molecule has 0 fully saturated rings. The van der Waals surface area contributed by atoms with Crippen molar-refractivity contribution in [3.8, 4) is 0 Å². The van der Waals surface area contributed by atoms with E-state index in [9.17, 15) is 4.79 Å². The molecule has 0 radical (unpaired) electrons. The zero-order chi connectivity index (χ0) is 15.4. The second-order valence-electron chi connectivity index (χ2n) is 4.15. The van der Waals surface area contributed by atoms with E-state index < -0.39 is 0 Å². The Morgan fingerprint density at radius 2 is 1.62 bits per heavy atom. The molecule has 0 unspecified atom stereocenters. The maximum Gasteiger partial charge on any atom is 0.243 e. The number of amides is 1. The lowest BCUT2D eigenvalue weighted by molar-refractivity contribution is -0.114. The average Bonchev–Trinajstić information content (AvgIpc) is 2.44. The van der Waals surface area contributed by atoms with Gasteiger partial charge in [0.05, 0.1) is 27.3 Å². The second kappa shape index (κ2) is 7.36. The van der Waals surface area contributed by atoms with E-state index in [2.05, 4.69) is 26.6 Å². The predicted molar refractivity (Wildman–Crippen MR) is 92.7 cm³/mol. The van der Waals surface area contributed by atoms with Gasteiger partial charge in [0.25, 0.3) is 0 Å². The zero-order valence-corrected chi connectivity index (χ0v) is 14.4. The number of halogens is 4. The molecular formula is C14H10BrCl3N2O. The lowest BCUT2D eigenvalue weighted by atomic mass is 10.3. The minimum Gasteiger partial charge on any atom is -0.375 e. The molecule has 0 saturated carbocycles. The number of anilines is 2. The van der Waals surface area contributed by atoms with Gasteiger partial charge in [-0.1, -0.05) is 50.7 Å². The van der Waals surface area contributed by atoms with Crippen LogP contribution in [0.4, 0.5) is 11.4 Å². The van der Waals surface area contributed by atoms with Crippen molar-refractivity contribution >= 4 is 68.0 Å². The summed E-state index contributed by atoms with van der Waals surface area (Å²) in [5.74, 6) is -0.195. The molecule has 0 aliphatic rings. The first-order chi connectivity index (χ1) is 9.95. The Balaban J connectivity index is 1.95. The molecular weight excluding hydrogens is 398 g/mol. The Hall–Kier alpha value is -0.940. The van der Waals surface area contributed by atoms with E-state index in [1.54, 1.807) is 18.2 Å². The van der Waals surface area contributed by atoms with Gasteiger partial charge in [-0.3, -0.25) is 4.79 Å². The van der Waals surface area contributed by atoms with Gasteiger partial charge in [-0.15, -0.1) is 0 Å². The molecule has 2 rings (SSSR count). The van der Waals surface area contributed by atoms with Crippen LogP contribution in [0.3, 0.4) is 0 Å². The summed E-state index contributed by atoms with van der Waals surface area (Å²) in [6.45, 7) is 0.0632. The van der Waals surface area contributed by atoms with E-state index in [4.69, 9.17) is 34.8 Å². The van der Waals surface area contributed by atoms with Gasteiger partial charge in [-0.2, -0.15) is 0 Å². The molecule has 3 nitrogen and oxygen atoms in total. The molecule has 0 atom stereocenters. The van der Waals surface area contributed by atoms with Crippen LogP contribution in [-0.4, -0.2) is 12.5 Å². The number of hydrogen-bond donors (Lipinski definition) is 2. The van der Waals surface area contributed by atoms with Crippen molar-refractivity contribution in [2.45, 2.75) is 0 Å². The van der Waals surface area contributed by atoms with Gasteiger partial charge in [-0.25, -0.2) is 0 Å². The Labute approximate surface area is 145 Å². The van der Waals surface area contributed by atoms with Crippen molar-refractivity contribution in [3.05, 3.63) is 55.9 Å². The van der Waals surface area contributed by atoms with Crippen molar-refractivity contribution in [3.63, 3.8) is 0 Å².